The minimum atomic E-state index is -3.66. The molecule has 0 aliphatic carbocycles. The molecule has 2 aromatic rings. The number of methoxy groups -OCH3 is 1. The van der Waals surface area contributed by atoms with Crippen LogP contribution < -0.4 is 14.4 Å². The van der Waals surface area contributed by atoms with Gasteiger partial charge in [-0.2, -0.15) is 0 Å². The van der Waals surface area contributed by atoms with Gasteiger partial charge in [-0.05, 0) is 48.4 Å². The number of nitrogens with zero attached hydrogens (tertiary/aromatic N) is 1. The van der Waals surface area contributed by atoms with Crippen LogP contribution in [0.2, 0.25) is 5.02 Å². The zero-order valence-corrected chi connectivity index (χ0v) is 15.8. The summed E-state index contributed by atoms with van der Waals surface area (Å²) in [5, 5.41) is 0.473. The van der Waals surface area contributed by atoms with E-state index in [1.807, 2.05) is 0 Å². The van der Waals surface area contributed by atoms with Gasteiger partial charge in [-0.1, -0.05) is 23.7 Å². The monoisotopic (exact) mass is 394 g/mol. The number of nitrogens with one attached hydrogen (secondary N) is 1. The van der Waals surface area contributed by atoms with Crippen LogP contribution in [0, 0.1) is 0 Å². The zero-order valence-electron chi connectivity index (χ0n) is 14.2. The molecule has 1 aliphatic heterocycles. The minimum Gasteiger partial charge on any atom is -0.497 e. The number of hydrogen-bond donors (Lipinski definition) is 1. The molecule has 1 heterocycles. The normalized spacial score (nSPS) is 17.5. The molecule has 0 radical (unpaired) electrons. The van der Waals surface area contributed by atoms with Crippen molar-refractivity contribution in [3.05, 3.63) is 59.1 Å². The summed E-state index contributed by atoms with van der Waals surface area (Å²) in [7, 11) is -2.09. The van der Waals surface area contributed by atoms with Gasteiger partial charge in [0, 0.05) is 17.3 Å². The number of hydrogen-bond acceptors (Lipinski definition) is 4. The molecular weight excluding hydrogens is 376 g/mol. The largest absolute Gasteiger partial charge is 0.497 e. The summed E-state index contributed by atoms with van der Waals surface area (Å²) in [6, 6.07) is 13.0. The maximum absolute atomic E-state index is 12.6. The van der Waals surface area contributed by atoms with E-state index < -0.39 is 16.1 Å². The first kappa shape index (κ1) is 18.7. The highest BCUT2D eigenvalue weighted by Gasteiger charge is 2.35. The van der Waals surface area contributed by atoms with E-state index in [0.29, 0.717) is 35.0 Å². The van der Waals surface area contributed by atoms with Gasteiger partial charge in [-0.25, -0.2) is 13.1 Å². The molecule has 8 heteroatoms. The smallest absolute Gasteiger partial charge is 0.245 e. The number of amides is 1. The van der Waals surface area contributed by atoms with E-state index in [2.05, 4.69) is 4.72 Å². The van der Waals surface area contributed by atoms with E-state index in [1.54, 1.807) is 60.5 Å². The average Bonchev–Trinajstić information content (AvgIpc) is 2.94. The number of carbonyl (C=O) groups is 1. The van der Waals surface area contributed by atoms with Gasteiger partial charge in [0.2, 0.25) is 15.9 Å². The number of sulfonamides is 1. The van der Waals surface area contributed by atoms with Crippen molar-refractivity contribution in [2.45, 2.75) is 18.2 Å². The van der Waals surface area contributed by atoms with E-state index in [9.17, 15) is 13.2 Å². The highest BCUT2D eigenvalue weighted by Crippen LogP contribution is 2.24. The van der Waals surface area contributed by atoms with Crippen molar-refractivity contribution in [2.75, 3.05) is 18.6 Å². The molecule has 138 valence electrons. The third-order valence-electron chi connectivity index (χ3n) is 4.16. The molecule has 1 aliphatic rings. The molecule has 1 fully saturated rings. The van der Waals surface area contributed by atoms with Crippen molar-refractivity contribution < 1.29 is 17.9 Å². The van der Waals surface area contributed by atoms with Crippen LogP contribution >= 0.6 is 11.6 Å². The molecule has 3 rings (SSSR count). The van der Waals surface area contributed by atoms with Gasteiger partial charge in [0.25, 0.3) is 0 Å². The van der Waals surface area contributed by atoms with Crippen LogP contribution in [-0.2, 0) is 20.6 Å². The van der Waals surface area contributed by atoms with E-state index in [4.69, 9.17) is 16.3 Å². The van der Waals surface area contributed by atoms with Gasteiger partial charge >= 0.3 is 0 Å². The topological polar surface area (TPSA) is 75.7 Å². The lowest BCUT2D eigenvalue weighted by Gasteiger charge is -2.17. The number of halogens is 1. The average molecular weight is 395 g/mol. The lowest BCUT2D eigenvalue weighted by molar-refractivity contribution is -0.118. The van der Waals surface area contributed by atoms with E-state index in [0.717, 1.165) is 0 Å². The Kier molecular flexibility index (Phi) is 5.50. The predicted molar refractivity (Wildman–Crippen MR) is 101 cm³/mol. The van der Waals surface area contributed by atoms with Crippen molar-refractivity contribution in [1.82, 2.24) is 4.72 Å². The van der Waals surface area contributed by atoms with Crippen molar-refractivity contribution in [3.8, 4) is 5.75 Å². The quantitative estimate of drug-likeness (QED) is 0.817. The molecule has 0 spiro atoms. The molecule has 0 bridgehead atoms. The molecular formula is C18H19ClN2O4S. The second kappa shape index (κ2) is 7.65. The van der Waals surface area contributed by atoms with Crippen LogP contribution in [0.5, 0.6) is 5.75 Å². The summed E-state index contributed by atoms with van der Waals surface area (Å²) in [4.78, 5) is 14.2. The van der Waals surface area contributed by atoms with Crippen LogP contribution in [-0.4, -0.2) is 34.0 Å². The second-order valence-corrected chi connectivity index (χ2v) is 8.23. The zero-order chi connectivity index (χ0) is 18.7. The summed E-state index contributed by atoms with van der Waals surface area (Å²) >= 11 is 5.89. The Morgan fingerprint density at radius 3 is 2.62 bits per heavy atom. The Morgan fingerprint density at radius 2 is 1.96 bits per heavy atom. The van der Waals surface area contributed by atoms with Crippen LogP contribution in [0.15, 0.2) is 48.5 Å². The molecule has 26 heavy (non-hydrogen) atoms. The molecule has 0 aromatic heterocycles. The summed E-state index contributed by atoms with van der Waals surface area (Å²) in [5.74, 6) is 0.212. The fourth-order valence-electron chi connectivity index (χ4n) is 2.91. The Labute approximate surface area is 157 Å². The van der Waals surface area contributed by atoms with Crippen molar-refractivity contribution in [3.63, 3.8) is 0 Å². The highest BCUT2D eigenvalue weighted by atomic mass is 35.5. The third kappa shape index (κ3) is 4.35. The number of anilines is 1. The maximum atomic E-state index is 12.6. The lowest BCUT2D eigenvalue weighted by Crippen LogP contribution is -2.41. The van der Waals surface area contributed by atoms with Crippen LogP contribution in [0.4, 0.5) is 5.69 Å². The first-order chi connectivity index (χ1) is 12.4. The van der Waals surface area contributed by atoms with Crippen molar-refractivity contribution >= 4 is 33.2 Å². The maximum Gasteiger partial charge on any atom is 0.245 e. The van der Waals surface area contributed by atoms with E-state index in [1.165, 1.54) is 0 Å². The Balaban J connectivity index is 1.67. The van der Waals surface area contributed by atoms with Crippen molar-refractivity contribution in [1.29, 1.82) is 0 Å². The molecule has 1 N–H and O–H groups in total. The molecule has 1 saturated heterocycles. The van der Waals surface area contributed by atoms with E-state index >= 15 is 0 Å². The number of rotatable bonds is 6. The number of carbonyl (C=O) groups excluding carboxylic acids is 1. The molecule has 1 unspecified atom stereocenters. The predicted octanol–water partition coefficient (Wildman–Crippen LogP) is 2.57. The van der Waals surface area contributed by atoms with Gasteiger partial charge < -0.3 is 9.64 Å². The van der Waals surface area contributed by atoms with E-state index in [-0.39, 0.29) is 11.7 Å². The Morgan fingerprint density at radius 1 is 1.23 bits per heavy atom. The standard InChI is InChI=1S/C18H19ClN2O4S/c1-25-16-7-5-15(6-8-16)21-10-9-17(18(21)22)20-26(23,24)12-13-3-2-4-14(19)11-13/h2-8,11,17,20H,9-10,12H2,1H3. The SMILES string of the molecule is COc1ccc(N2CCC(NS(=O)(=O)Cc3cccc(Cl)c3)C2=O)cc1. The van der Waals surface area contributed by atoms with Gasteiger partial charge in [0.05, 0.1) is 12.9 Å². The van der Waals surface area contributed by atoms with Crippen LogP contribution in [0.25, 0.3) is 0 Å². The first-order valence-electron chi connectivity index (χ1n) is 8.08. The van der Waals surface area contributed by atoms with Crippen LogP contribution in [0.3, 0.4) is 0 Å². The summed E-state index contributed by atoms with van der Waals surface area (Å²) < 4.78 is 32.4. The van der Waals surface area contributed by atoms with Crippen LogP contribution in [0.1, 0.15) is 12.0 Å². The van der Waals surface area contributed by atoms with Gasteiger partial charge in [-0.15, -0.1) is 0 Å². The lowest BCUT2D eigenvalue weighted by atomic mass is 10.2. The molecule has 2 aromatic carbocycles. The molecule has 0 saturated carbocycles. The summed E-state index contributed by atoms with van der Waals surface area (Å²) in [5.41, 5.74) is 1.29. The summed E-state index contributed by atoms with van der Waals surface area (Å²) in [6.45, 7) is 0.454. The summed E-state index contributed by atoms with van der Waals surface area (Å²) in [6.07, 6.45) is 0.416. The minimum absolute atomic E-state index is 0.222. The van der Waals surface area contributed by atoms with Gasteiger partial charge in [0.1, 0.15) is 11.8 Å². The Bertz CT molecular complexity index is 900. The first-order valence-corrected chi connectivity index (χ1v) is 10.1. The number of ether oxygens (including phenoxy) is 1. The molecule has 6 nitrogen and oxygen atoms in total. The molecule has 1 atom stereocenters. The van der Waals surface area contributed by atoms with Gasteiger partial charge in [-0.3, -0.25) is 4.79 Å². The fourth-order valence-corrected chi connectivity index (χ4v) is 4.48. The third-order valence-corrected chi connectivity index (χ3v) is 5.75. The Hall–Kier alpha value is -2.09. The highest BCUT2D eigenvalue weighted by molar-refractivity contribution is 7.88. The fraction of sp³-hybridized carbons (Fsp3) is 0.278. The number of benzene rings is 2. The van der Waals surface area contributed by atoms with Crippen molar-refractivity contribution in [2.24, 2.45) is 0 Å². The molecule has 1 amide bonds. The second-order valence-electron chi connectivity index (χ2n) is 6.04. The van der Waals surface area contributed by atoms with Gasteiger partial charge in [0.15, 0.2) is 0 Å².